The van der Waals surface area contributed by atoms with E-state index in [1.54, 1.807) is 0 Å². The molecule has 1 aromatic carbocycles. The zero-order valence-corrected chi connectivity index (χ0v) is 20.0. The fraction of sp³-hybridized carbons (Fsp3) is 0.680. The van der Waals surface area contributed by atoms with Crippen LogP contribution in [0.5, 0.6) is 0 Å². The molecule has 168 valence electrons. The molecule has 0 saturated heterocycles. The number of nitrogens with zero attached hydrogens (tertiary/aromatic N) is 2. The van der Waals surface area contributed by atoms with Gasteiger partial charge in [-0.25, -0.2) is 0 Å². The molecule has 5 heteroatoms. The van der Waals surface area contributed by atoms with Gasteiger partial charge < -0.3 is 15.1 Å². The fourth-order valence-corrected chi connectivity index (χ4v) is 4.21. The van der Waals surface area contributed by atoms with E-state index in [1.807, 2.05) is 46.1 Å². The van der Waals surface area contributed by atoms with E-state index in [0.717, 1.165) is 29.8 Å². The average molecular weight is 416 g/mol. The van der Waals surface area contributed by atoms with Gasteiger partial charge in [0.2, 0.25) is 11.8 Å². The number of hydrogen-bond acceptors (Lipinski definition) is 3. The molecule has 0 bridgehead atoms. The van der Waals surface area contributed by atoms with Gasteiger partial charge in [0, 0.05) is 50.4 Å². The van der Waals surface area contributed by atoms with Crippen LogP contribution in [0.15, 0.2) is 18.2 Å². The van der Waals surface area contributed by atoms with E-state index in [-0.39, 0.29) is 23.1 Å². The van der Waals surface area contributed by atoms with E-state index in [1.165, 1.54) is 19.3 Å². The van der Waals surface area contributed by atoms with Crippen LogP contribution in [0, 0.1) is 11.3 Å². The Balaban J connectivity index is 2.30. The molecule has 0 atom stereocenters. The summed E-state index contributed by atoms with van der Waals surface area (Å²) in [6.45, 7) is 10.7. The van der Waals surface area contributed by atoms with E-state index in [4.69, 9.17) is 0 Å². The molecule has 2 amide bonds. The van der Waals surface area contributed by atoms with Crippen LogP contribution >= 0.6 is 0 Å². The maximum absolute atomic E-state index is 13.1. The number of hydrogen-bond donors (Lipinski definition) is 1. The SMILES string of the molecule is CC(C)C(=O)N(Cc1cc(NC(=O)CC(C)(C)C)ccc1N(C)C)C1CCCCC1. The molecule has 1 fully saturated rings. The fourth-order valence-electron chi connectivity index (χ4n) is 4.21. The van der Waals surface area contributed by atoms with Crippen molar-refractivity contribution < 1.29 is 9.59 Å². The zero-order chi connectivity index (χ0) is 22.5. The summed E-state index contributed by atoms with van der Waals surface area (Å²) < 4.78 is 0. The average Bonchev–Trinajstić information content (AvgIpc) is 2.64. The summed E-state index contributed by atoms with van der Waals surface area (Å²) in [5, 5.41) is 3.05. The van der Waals surface area contributed by atoms with E-state index in [9.17, 15) is 9.59 Å². The summed E-state index contributed by atoms with van der Waals surface area (Å²) in [5.74, 6) is 0.214. The van der Waals surface area contributed by atoms with Crippen molar-refractivity contribution in [3.05, 3.63) is 23.8 Å². The van der Waals surface area contributed by atoms with Crippen LogP contribution in [0.3, 0.4) is 0 Å². The highest BCUT2D eigenvalue weighted by Gasteiger charge is 2.28. The number of rotatable bonds is 7. The van der Waals surface area contributed by atoms with Crippen molar-refractivity contribution in [1.29, 1.82) is 0 Å². The lowest BCUT2D eigenvalue weighted by Crippen LogP contribution is -2.43. The van der Waals surface area contributed by atoms with E-state index >= 15 is 0 Å². The van der Waals surface area contributed by atoms with Gasteiger partial charge in [-0.1, -0.05) is 53.9 Å². The van der Waals surface area contributed by atoms with Crippen LogP contribution in [-0.4, -0.2) is 36.9 Å². The van der Waals surface area contributed by atoms with Gasteiger partial charge >= 0.3 is 0 Å². The normalized spacial score (nSPS) is 15.2. The lowest BCUT2D eigenvalue weighted by Gasteiger charge is -2.36. The second kappa shape index (κ2) is 10.3. The highest BCUT2D eigenvalue weighted by molar-refractivity contribution is 5.91. The van der Waals surface area contributed by atoms with Gasteiger partial charge in [-0.05, 0) is 42.0 Å². The number of anilines is 2. The van der Waals surface area contributed by atoms with Gasteiger partial charge in [-0.15, -0.1) is 0 Å². The summed E-state index contributed by atoms with van der Waals surface area (Å²) in [6.07, 6.45) is 6.28. The minimum absolute atomic E-state index is 0.0217. The molecule has 1 aliphatic carbocycles. The number of carbonyl (C=O) groups excluding carboxylic acids is 2. The molecule has 0 heterocycles. The molecule has 0 aliphatic heterocycles. The molecule has 0 spiro atoms. The van der Waals surface area contributed by atoms with Crippen molar-refractivity contribution in [2.24, 2.45) is 11.3 Å². The second-order valence-corrected chi connectivity index (χ2v) is 10.4. The largest absolute Gasteiger partial charge is 0.377 e. The van der Waals surface area contributed by atoms with E-state index in [2.05, 4.69) is 35.9 Å². The Labute approximate surface area is 183 Å². The summed E-state index contributed by atoms with van der Waals surface area (Å²) >= 11 is 0. The molecular formula is C25H41N3O2. The molecule has 5 nitrogen and oxygen atoms in total. The van der Waals surface area contributed by atoms with Gasteiger partial charge in [-0.2, -0.15) is 0 Å². The van der Waals surface area contributed by atoms with Gasteiger partial charge in [0.25, 0.3) is 0 Å². The molecule has 30 heavy (non-hydrogen) atoms. The van der Waals surface area contributed by atoms with Crippen LogP contribution in [0.1, 0.15) is 78.7 Å². The molecule has 2 rings (SSSR count). The third-order valence-corrected chi connectivity index (χ3v) is 5.67. The van der Waals surface area contributed by atoms with Crippen molar-refractivity contribution in [1.82, 2.24) is 4.90 Å². The lowest BCUT2D eigenvalue weighted by molar-refractivity contribution is -0.138. The Bertz CT molecular complexity index is 728. The Morgan fingerprint density at radius 2 is 1.73 bits per heavy atom. The van der Waals surface area contributed by atoms with E-state index < -0.39 is 0 Å². The third-order valence-electron chi connectivity index (χ3n) is 5.67. The number of nitrogens with one attached hydrogen (secondary N) is 1. The zero-order valence-electron chi connectivity index (χ0n) is 20.0. The molecule has 1 N–H and O–H groups in total. The van der Waals surface area contributed by atoms with E-state index in [0.29, 0.717) is 19.0 Å². The number of benzene rings is 1. The predicted octanol–water partition coefficient (Wildman–Crippen LogP) is 5.44. The maximum atomic E-state index is 13.1. The molecule has 1 aliphatic rings. The minimum Gasteiger partial charge on any atom is -0.377 e. The summed E-state index contributed by atoms with van der Waals surface area (Å²) in [4.78, 5) is 29.7. The maximum Gasteiger partial charge on any atom is 0.225 e. The summed E-state index contributed by atoms with van der Waals surface area (Å²) in [7, 11) is 4.04. The van der Waals surface area contributed by atoms with Crippen molar-refractivity contribution in [3.8, 4) is 0 Å². The number of amides is 2. The summed E-state index contributed by atoms with van der Waals surface area (Å²) in [5.41, 5.74) is 2.90. The van der Waals surface area contributed by atoms with Crippen LogP contribution in [-0.2, 0) is 16.1 Å². The number of carbonyl (C=O) groups is 2. The molecule has 0 aromatic heterocycles. The topological polar surface area (TPSA) is 52.7 Å². The molecule has 0 radical (unpaired) electrons. The van der Waals surface area contributed by atoms with Crippen molar-refractivity contribution in [2.75, 3.05) is 24.3 Å². The van der Waals surface area contributed by atoms with Gasteiger partial charge in [-0.3, -0.25) is 9.59 Å². The van der Waals surface area contributed by atoms with Crippen molar-refractivity contribution in [3.63, 3.8) is 0 Å². The first-order valence-electron chi connectivity index (χ1n) is 11.4. The van der Waals surface area contributed by atoms with Gasteiger partial charge in [0.15, 0.2) is 0 Å². The Kier molecular flexibility index (Phi) is 8.34. The highest BCUT2D eigenvalue weighted by Crippen LogP contribution is 2.30. The van der Waals surface area contributed by atoms with Gasteiger partial charge in [0.05, 0.1) is 0 Å². The smallest absolute Gasteiger partial charge is 0.225 e. The molecule has 1 saturated carbocycles. The minimum atomic E-state index is -0.0576. The van der Waals surface area contributed by atoms with Crippen molar-refractivity contribution in [2.45, 2.75) is 85.7 Å². The standard InChI is InChI=1S/C25H41N3O2/c1-18(2)24(30)28(21-11-9-8-10-12-21)17-19-15-20(13-14-22(19)27(6)7)26-23(29)16-25(3,4)5/h13-15,18,21H,8-12,16-17H2,1-7H3,(H,26,29). The van der Waals surface area contributed by atoms with Crippen molar-refractivity contribution >= 4 is 23.2 Å². The van der Waals surface area contributed by atoms with Gasteiger partial charge in [0.1, 0.15) is 0 Å². The first-order chi connectivity index (χ1) is 14.0. The quantitative estimate of drug-likeness (QED) is 0.645. The van der Waals surface area contributed by atoms with Crippen LogP contribution in [0.25, 0.3) is 0 Å². The second-order valence-electron chi connectivity index (χ2n) is 10.4. The first kappa shape index (κ1) is 24.2. The molecular weight excluding hydrogens is 374 g/mol. The Morgan fingerprint density at radius 1 is 1.10 bits per heavy atom. The monoisotopic (exact) mass is 415 g/mol. The molecule has 0 unspecified atom stereocenters. The van der Waals surface area contributed by atoms with Crippen LogP contribution < -0.4 is 10.2 Å². The summed E-state index contributed by atoms with van der Waals surface area (Å²) in [6, 6.07) is 6.34. The molecule has 1 aromatic rings. The predicted molar refractivity (Wildman–Crippen MR) is 126 cm³/mol. The van der Waals surface area contributed by atoms with Crippen LogP contribution in [0.2, 0.25) is 0 Å². The van der Waals surface area contributed by atoms with Crippen LogP contribution in [0.4, 0.5) is 11.4 Å². The third kappa shape index (κ3) is 7.03. The first-order valence-corrected chi connectivity index (χ1v) is 11.4. The Morgan fingerprint density at radius 3 is 2.27 bits per heavy atom. The highest BCUT2D eigenvalue weighted by atomic mass is 16.2. The Hall–Kier alpha value is -2.04. The lowest BCUT2D eigenvalue weighted by atomic mass is 9.92.